The molecular formula is C13H19ClN4O. The lowest BCUT2D eigenvalue weighted by atomic mass is 10.2. The highest BCUT2D eigenvalue weighted by Crippen LogP contribution is 2.26. The van der Waals surface area contributed by atoms with Gasteiger partial charge in [0.05, 0.1) is 17.4 Å². The number of nitrogens with zero attached hydrogens (tertiary/aromatic N) is 2. The second-order valence-corrected chi connectivity index (χ2v) is 5.42. The van der Waals surface area contributed by atoms with E-state index >= 15 is 0 Å². The third-order valence-corrected chi connectivity index (χ3v) is 3.78. The number of rotatable bonds is 5. The van der Waals surface area contributed by atoms with E-state index in [9.17, 15) is 4.79 Å². The number of likely N-dealkylation sites (N-methyl/N-ethyl adjacent to an activating group) is 1. The third kappa shape index (κ3) is 3.58. The molecule has 2 rings (SSSR count). The van der Waals surface area contributed by atoms with Gasteiger partial charge in [0.25, 0.3) is 5.91 Å². The Morgan fingerprint density at radius 2 is 2.37 bits per heavy atom. The minimum absolute atomic E-state index is 0.176. The molecule has 0 aromatic carbocycles. The number of carbonyl (C=O) groups excluding carboxylic acids is 1. The van der Waals surface area contributed by atoms with Gasteiger partial charge in [-0.25, -0.2) is 4.98 Å². The van der Waals surface area contributed by atoms with E-state index in [1.165, 1.54) is 19.0 Å². The molecule has 1 heterocycles. The summed E-state index contributed by atoms with van der Waals surface area (Å²) in [6.07, 6.45) is 3.93. The second-order valence-electron chi connectivity index (χ2n) is 5.06. The van der Waals surface area contributed by atoms with Gasteiger partial charge in [-0.3, -0.25) is 9.69 Å². The first-order chi connectivity index (χ1) is 8.99. The zero-order valence-electron chi connectivity index (χ0n) is 11.2. The zero-order valence-corrected chi connectivity index (χ0v) is 11.9. The first-order valence-corrected chi connectivity index (χ1v) is 6.78. The molecule has 1 aromatic heterocycles. The van der Waals surface area contributed by atoms with E-state index in [2.05, 4.69) is 29.2 Å². The summed E-state index contributed by atoms with van der Waals surface area (Å²) in [5.74, 6) is -0.235. The van der Waals surface area contributed by atoms with Crippen molar-refractivity contribution < 1.29 is 4.79 Å². The summed E-state index contributed by atoms with van der Waals surface area (Å²) in [5.41, 5.74) is 6.36. The van der Waals surface area contributed by atoms with Crippen LogP contribution in [0, 0.1) is 0 Å². The maximum Gasteiger partial charge on any atom is 0.254 e. The number of hydrogen-bond donors (Lipinski definition) is 2. The van der Waals surface area contributed by atoms with E-state index in [-0.39, 0.29) is 11.1 Å². The van der Waals surface area contributed by atoms with Crippen LogP contribution in [0.15, 0.2) is 12.3 Å². The Labute approximate surface area is 118 Å². The molecular weight excluding hydrogens is 264 g/mol. The van der Waals surface area contributed by atoms with Crippen LogP contribution >= 0.6 is 11.6 Å². The Kier molecular flexibility index (Phi) is 4.27. The second kappa shape index (κ2) is 5.75. The van der Waals surface area contributed by atoms with Gasteiger partial charge in [0.15, 0.2) is 0 Å². The molecule has 0 saturated heterocycles. The fourth-order valence-corrected chi connectivity index (χ4v) is 2.13. The molecule has 0 aliphatic heterocycles. The van der Waals surface area contributed by atoms with Crippen molar-refractivity contribution in [3.63, 3.8) is 0 Å². The minimum Gasteiger partial charge on any atom is -0.397 e. The van der Waals surface area contributed by atoms with Gasteiger partial charge < -0.3 is 11.1 Å². The van der Waals surface area contributed by atoms with E-state index in [0.29, 0.717) is 29.9 Å². The number of carbonyl (C=O) groups is 1. The average molecular weight is 283 g/mol. The standard InChI is InChI=1S/C13H19ClN4O/c1-8(18(2)10-3-4-10)6-17-13(19)11-5-9(15)7-16-12(11)14/h5,7-8,10H,3-4,6,15H2,1-2H3,(H,17,19). The molecule has 104 valence electrons. The number of halogens is 1. The molecule has 5 nitrogen and oxygen atoms in total. The van der Waals surface area contributed by atoms with Gasteiger partial charge >= 0.3 is 0 Å². The molecule has 1 saturated carbocycles. The number of nitrogen functional groups attached to an aromatic ring is 1. The highest BCUT2D eigenvalue weighted by Gasteiger charge is 2.29. The first kappa shape index (κ1) is 14.1. The molecule has 1 fully saturated rings. The van der Waals surface area contributed by atoms with Gasteiger partial charge in [-0.05, 0) is 32.9 Å². The maximum absolute atomic E-state index is 12.0. The molecule has 1 aromatic rings. The number of aromatic nitrogens is 1. The number of anilines is 1. The molecule has 1 unspecified atom stereocenters. The van der Waals surface area contributed by atoms with Crippen molar-refractivity contribution in [2.24, 2.45) is 0 Å². The molecule has 0 spiro atoms. The van der Waals surface area contributed by atoms with Crippen molar-refractivity contribution in [3.8, 4) is 0 Å². The number of amides is 1. The van der Waals surface area contributed by atoms with Crippen molar-refractivity contribution in [1.29, 1.82) is 0 Å². The number of nitrogens with one attached hydrogen (secondary N) is 1. The molecule has 0 radical (unpaired) electrons. The molecule has 1 aliphatic carbocycles. The number of hydrogen-bond acceptors (Lipinski definition) is 4. The lowest BCUT2D eigenvalue weighted by molar-refractivity contribution is 0.0939. The largest absolute Gasteiger partial charge is 0.397 e. The highest BCUT2D eigenvalue weighted by atomic mass is 35.5. The van der Waals surface area contributed by atoms with Crippen LogP contribution in [0.2, 0.25) is 5.15 Å². The van der Waals surface area contributed by atoms with Crippen LogP contribution in [-0.4, -0.2) is 41.5 Å². The Morgan fingerprint density at radius 3 is 3.00 bits per heavy atom. The van der Waals surface area contributed by atoms with E-state index in [1.807, 2.05) is 0 Å². The zero-order chi connectivity index (χ0) is 14.0. The summed E-state index contributed by atoms with van der Waals surface area (Å²) in [5, 5.41) is 3.05. The van der Waals surface area contributed by atoms with Crippen LogP contribution in [0.5, 0.6) is 0 Å². The van der Waals surface area contributed by atoms with Crippen molar-refractivity contribution in [3.05, 3.63) is 23.0 Å². The lowest BCUT2D eigenvalue weighted by Crippen LogP contribution is -2.41. The lowest BCUT2D eigenvalue weighted by Gasteiger charge is -2.24. The average Bonchev–Trinajstić information content (AvgIpc) is 3.21. The summed E-state index contributed by atoms with van der Waals surface area (Å²) in [6, 6.07) is 2.51. The summed E-state index contributed by atoms with van der Waals surface area (Å²) in [4.78, 5) is 18.2. The molecule has 1 amide bonds. The van der Waals surface area contributed by atoms with Crippen molar-refractivity contribution in [1.82, 2.24) is 15.2 Å². The summed E-state index contributed by atoms with van der Waals surface area (Å²) < 4.78 is 0. The van der Waals surface area contributed by atoms with E-state index in [4.69, 9.17) is 17.3 Å². The van der Waals surface area contributed by atoms with Crippen LogP contribution in [-0.2, 0) is 0 Å². The molecule has 19 heavy (non-hydrogen) atoms. The molecule has 6 heteroatoms. The van der Waals surface area contributed by atoms with Crippen LogP contribution in [0.3, 0.4) is 0 Å². The summed E-state index contributed by atoms with van der Waals surface area (Å²) >= 11 is 5.89. The number of nitrogens with two attached hydrogens (primary N) is 1. The molecule has 1 aliphatic rings. The van der Waals surface area contributed by atoms with Crippen molar-refractivity contribution in [2.45, 2.75) is 31.8 Å². The van der Waals surface area contributed by atoms with Crippen molar-refractivity contribution in [2.75, 3.05) is 19.3 Å². The molecule has 0 bridgehead atoms. The van der Waals surface area contributed by atoms with E-state index in [1.54, 1.807) is 6.07 Å². The van der Waals surface area contributed by atoms with E-state index in [0.717, 1.165) is 0 Å². The maximum atomic E-state index is 12.0. The van der Waals surface area contributed by atoms with Gasteiger partial charge in [-0.1, -0.05) is 11.6 Å². The predicted octanol–water partition coefficient (Wildman–Crippen LogP) is 1.53. The van der Waals surface area contributed by atoms with Crippen LogP contribution in [0.25, 0.3) is 0 Å². The highest BCUT2D eigenvalue weighted by molar-refractivity contribution is 6.32. The van der Waals surface area contributed by atoms with Crippen LogP contribution < -0.4 is 11.1 Å². The quantitative estimate of drug-likeness (QED) is 0.804. The van der Waals surface area contributed by atoms with Crippen LogP contribution in [0.1, 0.15) is 30.1 Å². The predicted molar refractivity (Wildman–Crippen MR) is 76.2 cm³/mol. The van der Waals surface area contributed by atoms with Gasteiger partial charge in [-0.15, -0.1) is 0 Å². The van der Waals surface area contributed by atoms with E-state index < -0.39 is 0 Å². The first-order valence-electron chi connectivity index (χ1n) is 6.40. The summed E-state index contributed by atoms with van der Waals surface area (Å²) in [7, 11) is 2.09. The Morgan fingerprint density at radius 1 is 1.68 bits per heavy atom. The normalized spacial score (nSPS) is 16.4. The SMILES string of the molecule is CC(CNC(=O)c1cc(N)cnc1Cl)N(C)C1CC1. The van der Waals surface area contributed by atoms with Gasteiger partial charge in [0.2, 0.25) is 0 Å². The fourth-order valence-electron chi connectivity index (χ4n) is 1.94. The van der Waals surface area contributed by atoms with Crippen LogP contribution in [0.4, 0.5) is 5.69 Å². The minimum atomic E-state index is -0.235. The Bertz CT molecular complexity index is 476. The Balaban J connectivity index is 1.91. The monoisotopic (exact) mass is 282 g/mol. The summed E-state index contributed by atoms with van der Waals surface area (Å²) in [6.45, 7) is 2.68. The molecule has 3 N–H and O–H groups in total. The van der Waals surface area contributed by atoms with Gasteiger partial charge in [0.1, 0.15) is 5.15 Å². The van der Waals surface area contributed by atoms with Gasteiger partial charge in [0, 0.05) is 18.6 Å². The fraction of sp³-hybridized carbons (Fsp3) is 0.538. The third-order valence-electron chi connectivity index (χ3n) is 3.48. The number of pyridine rings is 1. The topological polar surface area (TPSA) is 71.2 Å². The smallest absolute Gasteiger partial charge is 0.254 e. The Hall–Kier alpha value is -1.33. The molecule has 1 atom stereocenters. The van der Waals surface area contributed by atoms with Gasteiger partial charge in [-0.2, -0.15) is 0 Å². The van der Waals surface area contributed by atoms with Crippen molar-refractivity contribution >= 4 is 23.2 Å².